The Morgan fingerprint density at radius 2 is 1.69 bits per heavy atom. The number of aliphatic imine (C=N–C) groups is 1. The third-order valence-corrected chi connectivity index (χ3v) is 4.53. The normalized spacial score (nSPS) is 13.1. The molecule has 0 fully saturated rings. The number of hydrogen-bond donors (Lipinski definition) is 2. The average molecular weight is 508 g/mol. The molecule has 1 heterocycles. The largest absolute Gasteiger partial charge is 0.493 e. The molecule has 1 aliphatic heterocycles. The van der Waals surface area contributed by atoms with E-state index in [0.717, 1.165) is 31.3 Å². The number of hydrogen-bond acceptors (Lipinski definition) is 4. The van der Waals surface area contributed by atoms with Gasteiger partial charge in [0.1, 0.15) is 0 Å². The number of ether oxygens (including phenoxy) is 2. The van der Waals surface area contributed by atoms with E-state index in [2.05, 4.69) is 52.0 Å². The first kappa shape index (κ1) is 22.9. The predicted octanol–water partition coefficient (Wildman–Crippen LogP) is 4.28. The molecular formula is C22H29IN4O2. The van der Waals surface area contributed by atoms with E-state index in [1.807, 2.05) is 25.1 Å². The van der Waals surface area contributed by atoms with Crippen LogP contribution in [-0.4, -0.2) is 39.8 Å². The maximum absolute atomic E-state index is 5.37. The van der Waals surface area contributed by atoms with Gasteiger partial charge < -0.3 is 25.0 Å². The average Bonchev–Trinajstić information content (AvgIpc) is 3.27. The van der Waals surface area contributed by atoms with Gasteiger partial charge in [0.25, 0.3) is 0 Å². The van der Waals surface area contributed by atoms with Gasteiger partial charge in [0.05, 0.1) is 20.8 Å². The van der Waals surface area contributed by atoms with Crippen LogP contribution >= 0.6 is 24.0 Å². The highest BCUT2D eigenvalue weighted by Gasteiger charge is 2.08. The summed E-state index contributed by atoms with van der Waals surface area (Å²) in [5.41, 5.74) is 3.29. The second-order valence-electron chi connectivity index (χ2n) is 6.43. The molecular weight excluding hydrogens is 479 g/mol. The number of nitrogens with one attached hydrogen (secondary N) is 2. The zero-order chi connectivity index (χ0) is 19.8. The molecule has 0 aromatic heterocycles. The van der Waals surface area contributed by atoms with Crippen LogP contribution in [-0.2, 0) is 6.54 Å². The molecule has 0 atom stereocenters. The molecule has 0 amide bonds. The van der Waals surface area contributed by atoms with Crippen molar-refractivity contribution < 1.29 is 9.47 Å². The standard InChI is InChI=1S/C22H28N4O2.HI/c1-4-23-22(25-18-9-12-20(27-2)21(15-18)28-3)24-16-17-7-10-19(11-8-17)26-13-5-6-14-26;/h5-12,15H,4,13-14,16H2,1-3H3,(H2,23,24,25);1H. The highest BCUT2D eigenvalue weighted by molar-refractivity contribution is 14.0. The monoisotopic (exact) mass is 508 g/mol. The van der Waals surface area contributed by atoms with Crippen LogP contribution in [0.3, 0.4) is 0 Å². The maximum Gasteiger partial charge on any atom is 0.196 e. The number of methoxy groups -OCH3 is 2. The summed E-state index contributed by atoms with van der Waals surface area (Å²) in [4.78, 5) is 7.03. The van der Waals surface area contributed by atoms with Gasteiger partial charge in [-0.15, -0.1) is 24.0 Å². The van der Waals surface area contributed by atoms with E-state index in [0.29, 0.717) is 18.0 Å². The van der Waals surface area contributed by atoms with Crippen molar-refractivity contribution in [3.63, 3.8) is 0 Å². The van der Waals surface area contributed by atoms with Gasteiger partial charge in [-0.1, -0.05) is 24.3 Å². The van der Waals surface area contributed by atoms with E-state index >= 15 is 0 Å². The molecule has 29 heavy (non-hydrogen) atoms. The Kier molecular flexibility index (Phi) is 9.11. The van der Waals surface area contributed by atoms with Crippen molar-refractivity contribution in [2.75, 3.05) is 44.1 Å². The maximum atomic E-state index is 5.37. The number of halogens is 1. The van der Waals surface area contributed by atoms with Crippen LogP contribution in [0.25, 0.3) is 0 Å². The first-order chi connectivity index (χ1) is 13.7. The molecule has 2 aromatic carbocycles. The third-order valence-electron chi connectivity index (χ3n) is 4.53. The lowest BCUT2D eigenvalue weighted by molar-refractivity contribution is 0.355. The molecule has 156 valence electrons. The van der Waals surface area contributed by atoms with Crippen molar-refractivity contribution >= 4 is 41.3 Å². The van der Waals surface area contributed by atoms with Gasteiger partial charge in [0, 0.05) is 37.1 Å². The minimum Gasteiger partial charge on any atom is -0.493 e. The summed E-state index contributed by atoms with van der Waals surface area (Å²) < 4.78 is 10.7. The fourth-order valence-electron chi connectivity index (χ4n) is 3.03. The summed E-state index contributed by atoms with van der Waals surface area (Å²) in [5.74, 6) is 2.10. The van der Waals surface area contributed by atoms with Crippen molar-refractivity contribution in [1.29, 1.82) is 0 Å². The Labute approximate surface area is 190 Å². The van der Waals surface area contributed by atoms with Gasteiger partial charge in [0.2, 0.25) is 0 Å². The molecule has 0 spiro atoms. The van der Waals surface area contributed by atoms with Gasteiger partial charge in [-0.2, -0.15) is 0 Å². The van der Waals surface area contributed by atoms with Gasteiger partial charge in [-0.05, 0) is 36.8 Å². The number of rotatable bonds is 7. The van der Waals surface area contributed by atoms with Gasteiger partial charge in [-0.25, -0.2) is 4.99 Å². The number of nitrogens with zero attached hydrogens (tertiary/aromatic N) is 2. The molecule has 7 heteroatoms. The Morgan fingerprint density at radius 3 is 2.31 bits per heavy atom. The molecule has 2 aromatic rings. The quantitative estimate of drug-likeness (QED) is 0.253. The minimum atomic E-state index is 0. The SMILES string of the molecule is CCNC(=NCc1ccc(N2CC=CC2)cc1)Nc1ccc(OC)c(OC)c1.I. The van der Waals surface area contributed by atoms with Crippen molar-refractivity contribution in [3.05, 3.63) is 60.2 Å². The molecule has 0 saturated heterocycles. The Hall–Kier alpha value is -2.42. The zero-order valence-electron chi connectivity index (χ0n) is 17.1. The number of anilines is 2. The molecule has 0 radical (unpaired) electrons. The Morgan fingerprint density at radius 1 is 1.00 bits per heavy atom. The molecule has 0 aliphatic carbocycles. The highest BCUT2D eigenvalue weighted by Crippen LogP contribution is 2.29. The first-order valence-electron chi connectivity index (χ1n) is 9.49. The summed E-state index contributed by atoms with van der Waals surface area (Å²) in [6.45, 7) is 5.39. The van der Waals surface area contributed by atoms with Gasteiger partial charge in [-0.3, -0.25) is 0 Å². The fourth-order valence-corrected chi connectivity index (χ4v) is 3.03. The third kappa shape index (κ3) is 6.28. The van der Waals surface area contributed by atoms with Crippen LogP contribution < -0.4 is 25.0 Å². The van der Waals surface area contributed by atoms with E-state index in [9.17, 15) is 0 Å². The summed E-state index contributed by atoms with van der Waals surface area (Å²) in [5, 5.41) is 6.59. The van der Waals surface area contributed by atoms with E-state index in [1.165, 1.54) is 11.3 Å². The lowest BCUT2D eigenvalue weighted by Crippen LogP contribution is -2.30. The minimum absolute atomic E-state index is 0. The van der Waals surface area contributed by atoms with Crippen molar-refractivity contribution in [1.82, 2.24) is 5.32 Å². The predicted molar refractivity (Wildman–Crippen MR) is 131 cm³/mol. The summed E-state index contributed by atoms with van der Waals surface area (Å²) in [7, 11) is 3.25. The van der Waals surface area contributed by atoms with Crippen LogP contribution in [0.15, 0.2) is 59.6 Å². The van der Waals surface area contributed by atoms with Crippen LogP contribution in [0, 0.1) is 0 Å². The summed E-state index contributed by atoms with van der Waals surface area (Å²) in [6.07, 6.45) is 4.39. The second kappa shape index (κ2) is 11.5. The first-order valence-corrected chi connectivity index (χ1v) is 9.49. The summed E-state index contributed by atoms with van der Waals surface area (Å²) >= 11 is 0. The highest BCUT2D eigenvalue weighted by atomic mass is 127. The van der Waals surface area contributed by atoms with Gasteiger partial charge in [0.15, 0.2) is 17.5 Å². The topological polar surface area (TPSA) is 58.1 Å². The van der Waals surface area contributed by atoms with Gasteiger partial charge >= 0.3 is 0 Å². The molecule has 0 saturated carbocycles. The molecule has 1 aliphatic rings. The van der Waals surface area contributed by atoms with Crippen molar-refractivity contribution in [3.8, 4) is 11.5 Å². The molecule has 2 N–H and O–H groups in total. The molecule has 0 unspecified atom stereocenters. The lowest BCUT2D eigenvalue weighted by Gasteiger charge is -2.17. The molecule has 3 rings (SSSR count). The zero-order valence-corrected chi connectivity index (χ0v) is 19.5. The fraction of sp³-hybridized carbons (Fsp3) is 0.318. The molecule has 6 nitrogen and oxygen atoms in total. The number of guanidine groups is 1. The van der Waals surface area contributed by atoms with E-state index in [-0.39, 0.29) is 24.0 Å². The van der Waals surface area contributed by atoms with Crippen molar-refractivity contribution in [2.24, 2.45) is 4.99 Å². The van der Waals surface area contributed by atoms with E-state index in [1.54, 1.807) is 14.2 Å². The molecule has 0 bridgehead atoms. The Balaban J connectivity index is 0.00000300. The second-order valence-corrected chi connectivity index (χ2v) is 6.43. The van der Waals surface area contributed by atoms with E-state index in [4.69, 9.17) is 14.5 Å². The van der Waals surface area contributed by atoms with Crippen LogP contribution in [0.5, 0.6) is 11.5 Å². The van der Waals surface area contributed by atoms with Crippen molar-refractivity contribution in [2.45, 2.75) is 13.5 Å². The number of benzene rings is 2. The van der Waals surface area contributed by atoms with Crippen LogP contribution in [0.2, 0.25) is 0 Å². The van der Waals surface area contributed by atoms with Crippen LogP contribution in [0.4, 0.5) is 11.4 Å². The lowest BCUT2D eigenvalue weighted by atomic mass is 10.2. The summed E-state index contributed by atoms with van der Waals surface area (Å²) in [6, 6.07) is 14.3. The van der Waals surface area contributed by atoms with E-state index < -0.39 is 0 Å². The smallest absolute Gasteiger partial charge is 0.196 e. The van der Waals surface area contributed by atoms with Crippen LogP contribution in [0.1, 0.15) is 12.5 Å². The Bertz CT molecular complexity index is 829.